The van der Waals surface area contributed by atoms with Crippen LogP contribution in [0.15, 0.2) is 47.4 Å². The highest BCUT2D eigenvalue weighted by Gasteiger charge is 2.18. The molecular formula is C20H19FNO7P-2. The second-order valence-electron chi connectivity index (χ2n) is 6.39. The van der Waals surface area contributed by atoms with Gasteiger partial charge in [0.2, 0.25) is 0 Å². The first-order chi connectivity index (χ1) is 14.2. The van der Waals surface area contributed by atoms with Crippen LogP contribution < -0.4 is 24.7 Å². The number of phosphoric ester groups is 1. The first-order valence-corrected chi connectivity index (χ1v) is 10.5. The van der Waals surface area contributed by atoms with E-state index in [0.717, 1.165) is 6.07 Å². The molecule has 0 aliphatic carbocycles. The molecule has 0 N–H and O–H groups in total. The normalized spacial score (nSPS) is 11.6. The summed E-state index contributed by atoms with van der Waals surface area (Å²) in [6.07, 6.45) is 1.96. The Morgan fingerprint density at radius 1 is 1.13 bits per heavy atom. The maximum absolute atomic E-state index is 14.7. The number of rotatable bonds is 8. The number of nitrogens with zero attached hydrogens (tertiary/aromatic N) is 1. The van der Waals surface area contributed by atoms with Crippen molar-refractivity contribution in [2.24, 2.45) is 0 Å². The van der Waals surface area contributed by atoms with Crippen molar-refractivity contribution in [3.05, 3.63) is 58.6 Å². The number of aromatic nitrogens is 1. The van der Waals surface area contributed by atoms with Gasteiger partial charge in [-0.1, -0.05) is 19.1 Å². The Kier molecular flexibility index (Phi) is 6.58. The van der Waals surface area contributed by atoms with Gasteiger partial charge in [-0.15, -0.1) is 0 Å². The fourth-order valence-electron chi connectivity index (χ4n) is 3.00. The molecule has 0 fully saturated rings. The summed E-state index contributed by atoms with van der Waals surface area (Å²) in [5, 5.41) is -0.299. The van der Waals surface area contributed by atoms with Crippen LogP contribution in [0.5, 0.6) is 11.5 Å². The minimum atomic E-state index is -5.32. The molecule has 0 aliphatic rings. The van der Waals surface area contributed by atoms with Crippen LogP contribution in [0.4, 0.5) is 4.39 Å². The number of ether oxygens (including phenoxy) is 2. The van der Waals surface area contributed by atoms with Crippen molar-refractivity contribution in [1.29, 1.82) is 0 Å². The highest BCUT2D eigenvalue weighted by atomic mass is 31.2. The molecule has 1 aromatic heterocycles. The minimum Gasteiger partial charge on any atom is -0.790 e. The second kappa shape index (κ2) is 8.97. The third-order valence-corrected chi connectivity index (χ3v) is 4.78. The predicted molar refractivity (Wildman–Crippen MR) is 105 cm³/mol. The maximum Gasteiger partial charge on any atom is 0.200 e. The molecule has 0 bridgehead atoms. The summed E-state index contributed by atoms with van der Waals surface area (Å²) in [6.45, 7) is 1.42. The first kappa shape index (κ1) is 22.0. The zero-order chi connectivity index (χ0) is 21.9. The molecule has 30 heavy (non-hydrogen) atoms. The van der Waals surface area contributed by atoms with Crippen LogP contribution in [-0.2, 0) is 15.8 Å². The van der Waals surface area contributed by atoms with E-state index in [2.05, 4.69) is 4.52 Å². The predicted octanol–water partition coefficient (Wildman–Crippen LogP) is 2.41. The lowest BCUT2D eigenvalue weighted by Gasteiger charge is -2.29. The van der Waals surface area contributed by atoms with E-state index in [1.54, 1.807) is 24.3 Å². The van der Waals surface area contributed by atoms with Gasteiger partial charge in [0.05, 0.1) is 32.4 Å². The summed E-state index contributed by atoms with van der Waals surface area (Å²) in [4.78, 5) is 35.1. The van der Waals surface area contributed by atoms with Crippen molar-refractivity contribution in [3.63, 3.8) is 0 Å². The molecule has 1 heterocycles. The molecule has 0 radical (unpaired) electrons. The van der Waals surface area contributed by atoms with Crippen molar-refractivity contribution in [3.8, 4) is 22.6 Å². The van der Waals surface area contributed by atoms with Gasteiger partial charge in [0.15, 0.2) is 5.43 Å². The number of hydrogen-bond acceptors (Lipinski definition) is 7. The molecule has 8 nitrogen and oxygen atoms in total. The fourth-order valence-corrected chi connectivity index (χ4v) is 3.27. The summed E-state index contributed by atoms with van der Waals surface area (Å²) in [7, 11) is -3.82. The van der Waals surface area contributed by atoms with E-state index in [1.807, 2.05) is 6.92 Å². The summed E-state index contributed by atoms with van der Waals surface area (Å²) < 4.78 is 42.0. The van der Waals surface area contributed by atoms with Gasteiger partial charge in [-0.3, -0.25) is 4.79 Å². The maximum atomic E-state index is 14.7. The molecule has 10 heteroatoms. The molecular weight excluding hydrogens is 416 g/mol. The molecule has 0 amide bonds. The first-order valence-electron chi connectivity index (χ1n) is 9.04. The summed E-state index contributed by atoms with van der Waals surface area (Å²) in [5.74, 6) is -0.0828. The molecule has 3 aromatic rings. The number of pyridine rings is 1. The van der Waals surface area contributed by atoms with E-state index in [1.165, 1.54) is 23.9 Å². The highest BCUT2D eigenvalue weighted by molar-refractivity contribution is 7.43. The van der Waals surface area contributed by atoms with E-state index in [9.17, 15) is 23.5 Å². The Bertz CT molecular complexity index is 1150. The minimum absolute atomic E-state index is 0.000776. The van der Waals surface area contributed by atoms with E-state index in [0.29, 0.717) is 17.7 Å². The lowest BCUT2D eigenvalue weighted by Crippen LogP contribution is -2.20. The zero-order valence-corrected chi connectivity index (χ0v) is 17.2. The zero-order valence-electron chi connectivity index (χ0n) is 16.3. The van der Waals surface area contributed by atoms with E-state index < -0.39 is 25.8 Å². The quantitative estimate of drug-likeness (QED) is 0.500. The summed E-state index contributed by atoms with van der Waals surface area (Å²) in [5.41, 5.74) is -0.0764. The van der Waals surface area contributed by atoms with Crippen LogP contribution in [0, 0.1) is 5.82 Å². The van der Waals surface area contributed by atoms with Gasteiger partial charge in [-0.25, -0.2) is 4.39 Å². The van der Waals surface area contributed by atoms with Crippen LogP contribution in [-0.4, -0.2) is 18.3 Å². The van der Waals surface area contributed by atoms with Crippen molar-refractivity contribution >= 4 is 18.7 Å². The molecule has 0 atom stereocenters. The van der Waals surface area contributed by atoms with Gasteiger partial charge >= 0.3 is 0 Å². The Balaban J connectivity index is 2.28. The number of phosphoric acid groups is 1. The largest absolute Gasteiger partial charge is 0.790 e. The van der Waals surface area contributed by atoms with E-state index in [-0.39, 0.29) is 28.8 Å². The van der Waals surface area contributed by atoms with Crippen molar-refractivity contribution in [2.75, 3.05) is 13.7 Å². The van der Waals surface area contributed by atoms with Gasteiger partial charge < -0.3 is 32.9 Å². The summed E-state index contributed by atoms with van der Waals surface area (Å²) in [6, 6.07) is 8.90. The smallest absolute Gasteiger partial charge is 0.200 e. The molecule has 3 rings (SSSR count). The number of fused-ring (bicyclic) bond motifs is 1. The average Bonchev–Trinajstić information content (AvgIpc) is 2.72. The number of halogens is 1. The molecule has 0 saturated heterocycles. The van der Waals surface area contributed by atoms with Gasteiger partial charge in [-0.2, -0.15) is 0 Å². The van der Waals surface area contributed by atoms with Crippen LogP contribution in [0.3, 0.4) is 0 Å². The Labute approximate surface area is 171 Å². The van der Waals surface area contributed by atoms with Crippen molar-refractivity contribution in [1.82, 2.24) is 4.57 Å². The average molecular weight is 435 g/mol. The lowest BCUT2D eigenvalue weighted by molar-refractivity contribution is -0.344. The molecule has 0 aliphatic heterocycles. The van der Waals surface area contributed by atoms with Crippen LogP contribution in [0.1, 0.15) is 13.3 Å². The van der Waals surface area contributed by atoms with Crippen molar-refractivity contribution < 1.29 is 32.7 Å². The molecule has 160 valence electrons. The molecule has 0 unspecified atom stereocenters. The van der Waals surface area contributed by atoms with Gasteiger partial charge in [-0.05, 0) is 36.2 Å². The number of hydrogen-bond donors (Lipinski definition) is 0. The molecule has 0 saturated carbocycles. The number of benzene rings is 2. The van der Waals surface area contributed by atoms with E-state index in [4.69, 9.17) is 9.47 Å². The molecule has 0 spiro atoms. The SMILES string of the molecule is CCCOc1ccc(F)c2c(=O)c(-c3ccc(OC)cc3)cn(COP(=O)([O-])[O-])c12. The fraction of sp³-hybridized carbons (Fsp3) is 0.250. The van der Waals surface area contributed by atoms with Gasteiger partial charge in [0, 0.05) is 11.8 Å². The third kappa shape index (κ3) is 4.71. The Morgan fingerprint density at radius 3 is 2.43 bits per heavy atom. The number of methoxy groups -OCH3 is 1. The van der Waals surface area contributed by atoms with Gasteiger partial charge in [0.1, 0.15) is 24.0 Å². The summed E-state index contributed by atoms with van der Waals surface area (Å²) >= 11 is 0. The van der Waals surface area contributed by atoms with Gasteiger partial charge in [0.25, 0.3) is 0 Å². The standard InChI is InChI=1S/C20H21FNO7P/c1-3-10-28-17-9-8-16(21)18-19(17)22(12-29-30(24,25)26)11-15(20(18)23)13-4-6-14(27-2)7-5-13/h4-9,11H,3,10,12H2,1-2H3,(H2,24,25,26)/p-2. The Morgan fingerprint density at radius 2 is 1.83 bits per heavy atom. The second-order valence-corrected chi connectivity index (χ2v) is 7.55. The van der Waals surface area contributed by atoms with Crippen LogP contribution in [0.2, 0.25) is 0 Å². The topological polar surface area (TPSA) is 113 Å². The third-order valence-electron chi connectivity index (χ3n) is 4.35. The lowest BCUT2D eigenvalue weighted by atomic mass is 10.0. The van der Waals surface area contributed by atoms with E-state index >= 15 is 0 Å². The molecule has 2 aromatic carbocycles. The highest BCUT2D eigenvalue weighted by Crippen LogP contribution is 2.32. The van der Waals surface area contributed by atoms with Crippen LogP contribution >= 0.6 is 7.82 Å². The monoisotopic (exact) mass is 435 g/mol. The Hall–Kier alpha value is -2.71. The van der Waals surface area contributed by atoms with Crippen molar-refractivity contribution in [2.45, 2.75) is 20.1 Å². The van der Waals surface area contributed by atoms with Crippen LogP contribution in [0.25, 0.3) is 22.0 Å².